The Bertz CT molecular complexity index is 284. The molecule has 0 heterocycles. The van der Waals surface area contributed by atoms with E-state index in [4.69, 9.17) is 9.47 Å². The Hall–Kier alpha value is -0.0300. The largest absolute Gasteiger partial charge is 0.384 e. The zero-order valence-corrected chi connectivity index (χ0v) is 12.0. The van der Waals surface area contributed by atoms with E-state index in [-0.39, 0.29) is 0 Å². The number of hydrogen-bond acceptors (Lipinski definition) is 3. The third kappa shape index (κ3) is 5.34. The molecule has 1 rings (SSSR count). The Morgan fingerprint density at radius 2 is 1.69 bits per heavy atom. The molecule has 0 fully saturated rings. The molecule has 0 saturated heterocycles. The molecule has 0 aliphatic rings. The van der Waals surface area contributed by atoms with Crippen LogP contribution in [0.15, 0.2) is 33.6 Å². The standard InChI is InChI=1S/C12H17BrO2S/c1-14-7-10(8-15-2)9-16-12-5-3-11(13)4-6-12/h3-6,10H,7-9H2,1-2H3. The Balaban J connectivity index is 2.38. The molecule has 16 heavy (non-hydrogen) atoms. The number of rotatable bonds is 7. The fraction of sp³-hybridized carbons (Fsp3) is 0.500. The first-order chi connectivity index (χ1) is 7.76. The summed E-state index contributed by atoms with van der Waals surface area (Å²) in [5.41, 5.74) is 0. The van der Waals surface area contributed by atoms with Crippen LogP contribution in [-0.4, -0.2) is 33.2 Å². The average molecular weight is 305 g/mol. The molecule has 0 saturated carbocycles. The molecule has 2 nitrogen and oxygen atoms in total. The maximum Gasteiger partial charge on any atom is 0.0520 e. The topological polar surface area (TPSA) is 18.5 Å². The lowest BCUT2D eigenvalue weighted by Gasteiger charge is -2.14. The normalized spacial score (nSPS) is 11.0. The fourth-order valence-electron chi connectivity index (χ4n) is 1.36. The van der Waals surface area contributed by atoms with Crippen LogP contribution < -0.4 is 0 Å². The summed E-state index contributed by atoms with van der Waals surface area (Å²) in [5.74, 6) is 1.46. The van der Waals surface area contributed by atoms with Crippen molar-refractivity contribution in [3.8, 4) is 0 Å². The predicted molar refractivity (Wildman–Crippen MR) is 72.1 cm³/mol. The Labute approximate surface area is 110 Å². The first-order valence-electron chi connectivity index (χ1n) is 5.12. The number of benzene rings is 1. The number of methoxy groups -OCH3 is 2. The van der Waals surface area contributed by atoms with E-state index in [9.17, 15) is 0 Å². The van der Waals surface area contributed by atoms with Gasteiger partial charge >= 0.3 is 0 Å². The summed E-state index contributed by atoms with van der Waals surface area (Å²) < 4.78 is 11.4. The minimum absolute atomic E-state index is 0.448. The summed E-state index contributed by atoms with van der Waals surface area (Å²) in [4.78, 5) is 1.28. The van der Waals surface area contributed by atoms with Gasteiger partial charge in [-0.05, 0) is 24.3 Å². The van der Waals surface area contributed by atoms with Gasteiger partial charge in [0, 0.05) is 35.3 Å². The third-order valence-electron chi connectivity index (χ3n) is 2.10. The molecular weight excluding hydrogens is 288 g/mol. The average Bonchev–Trinajstić information content (AvgIpc) is 2.29. The van der Waals surface area contributed by atoms with Gasteiger partial charge in [-0.25, -0.2) is 0 Å². The highest BCUT2D eigenvalue weighted by Crippen LogP contribution is 2.23. The highest BCUT2D eigenvalue weighted by molar-refractivity contribution is 9.10. The lowest BCUT2D eigenvalue weighted by molar-refractivity contribution is 0.0953. The summed E-state index contributed by atoms with van der Waals surface area (Å²) >= 11 is 5.26. The quantitative estimate of drug-likeness (QED) is 0.719. The van der Waals surface area contributed by atoms with Crippen molar-refractivity contribution in [2.24, 2.45) is 5.92 Å². The van der Waals surface area contributed by atoms with E-state index in [2.05, 4.69) is 40.2 Å². The van der Waals surface area contributed by atoms with Gasteiger partial charge in [-0.1, -0.05) is 15.9 Å². The summed E-state index contributed by atoms with van der Waals surface area (Å²) in [5, 5.41) is 0. The molecule has 1 aromatic rings. The van der Waals surface area contributed by atoms with Crippen molar-refractivity contribution in [2.75, 3.05) is 33.2 Å². The van der Waals surface area contributed by atoms with Gasteiger partial charge in [0.1, 0.15) is 0 Å². The van der Waals surface area contributed by atoms with Crippen LogP contribution in [0.5, 0.6) is 0 Å². The van der Waals surface area contributed by atoms with E-state index >= 15 is 0 Å². The SMILES string of the molecule is COCC(COC)CSc1ccc(Br)cc1. The van der Waals surface area contributed by atoms with Gasteiger partial charge in [0.25, 0.3) is 0 Å². The summed E-state index contributed by atoms with van der Waals surface area (Å²) in [6.07, 6.45) is 0. The number of halogens is 1. The monoisotopic (exact) mass is 304 g/mol. The number of hydrogen-bond donors (Lipinski definition) is 0. The van der Waals surface area contributed by atoms with Crippen molar-refractivity contribution < 1.29 is 9.47 Å². The van der Waals surface area contributed by atoms with Crippen molar-refractivity contribution in [3.63, 3.8) is 0 Å². The van der Waals surface area contributed by atoms with Crippen LogP contribution in [-0.2, 0) is 9.47 Å². The molecule has 0 aliphatic heterocycles. The molecule has 0 radical (unpaired) electrons. The van der Waals surface area contributed by atoms with Crippen molar-refractivity contribution in [1.29, 1.82) is 0 Å². The van der Waals surface area contributed by atoms with E-state index in [1.165, 1.54) is 4.90 Å². The van der Waals surface area contributed by atoms with Crippen molar-refractivity contribution in [1.82, 2.24) is 0 Å². The van der Waals surface area contributed by atoms with E-state index in [1.807, 2.05) is 11.8 Å². The molecule has 0 bridgehead atoms. The molecule has 0 N–H and O–H groups in total. The second kappa shape index (κ2) is 8.12. The second-order valence-corrected chi connectivity index (χ2v) is 5.55. The third-order valence-corrected chi connectivity index (χ3v) is 3.88. The zero-order valence-electron chi connectivity index (χ0n) is 9.61. The van der Waals surface area contributed by atoms with Gasteiger partial charge in [-0.15, -0.1) is 11.8 Å². The highest BCUT2D eigenvalue weighted by atomic mass is 79.9. The number of ether oxygens (including phenoxy) is 2. The highest BCUT2D eigenvalue weighted by Gasteiger charge is 2.08. The lowest BCUT2D eigenvalue weighted by Crippen LogP contribution is -2.16. The van der Waals surface area contributed by atoms with E-state index in [1.54, 1.807) is 14.2 Å². The van der Waals surface area contributed by atoms with Crippen LogP contribution in [0.1, 0.15) is 0 Å². The van der Waals surface area contributed by atoms with Gasteiger partial charge in [-0.3, -0.25) is 0 Å². The van der Waals surface area contributed by atoms with Gasteiger partial charge < -0.3 is 9.47 Å². The van der Waals surface area contributed by atoms with Crippen molar-refractivity contribution in [2.45, 2.75) is 4.90 Å². The van der Waals surface area contributed by atoms with Crippen LogP contribution in [0.25, 0.3) is 0 Å². The van der Waals surface area contributed by atoms with Crippen LogP contribution in [0.3, 0.4) is 0 Å². The summed E-state index contributed by atoms with van der Waals surface area (Å²) in [6, 6.07) is 8.35. The molecule has 0 spiro atoms. The number of thioether (sulfide) groups is 1. The molecule has 0 unspecified atom stereocenters. The maximum atomic E-state index is 5.16. The van der Waals surface area contributed by atoms with Crippen LogP contribution in [0, 0.1) is 5.92 Å². The van der Waals surface area contributed by atoms with Crippen LogP contribution >= 0.6 is 27.7 Å². The molecular formula is C12H17BrO2S. The molecule has 0 aliphatic carbocycles. The molecule has 90 valence electrons. The fourth-order valence-corrected chi connectivity index (χ4v) is 2.57. The zero-order chi connectivity index (χ0) is 11.8. The Morgan fingerprint density at radius 1 is 1.12 bits per heavy atom. The predicted octanol–water partition coefficient (Wildman–Crippen LogP) is 3.45. The minimum atomic E-state index is 0.448. The maximum absolute atomic E-state index is 5.16. The van der Waals surface area contributed by atoms with Gasteiger partial charge in [-0.2, -0.15) is 0 Å². The van der Waals surface area contributed by atoms with Crippen LogP contribution in [0.2, 0.25) is 0 Å². The molecule has 0 aromatic heterocycles. The van der Waals surface area contributed by atoms with Gasteiger partial charge in [0.05, 0.1) is 13.2 Å². The van der Waals surface area contributed by atoms with Crippen molar-refractivity contribution in [3.05, 3.63) is 28.7 Å². The van der Waals surface area contributed by atoms with E-state index in [0.29, 0.717) is 5.92 Å². The van der Waals surface area contributed by atoms with Gasteiger partial charge in [0.15, 0.2) is 0 Å². The molecule has 0 amide bonds. The van der Waals surface area contributed by atoms with Crippen LogP contribution in [0.4, 0.5) is 0 Å². The lowest BCUT2D eigenvalue weighted by atomic mass is 10.2. The first-order valence-corrected chi connectivity index (χ1v) is 6.90. The smallest absolute Gasteiger partial charge is 0.0520 e. The molecule has 1 aromatic carbocycles. The molecule has 0 atom stereocenters. The van der Waals surface area contributed by atoms with E-state index in [0.717, 1.165) is 23.4 Å². The van der Waals surface area contributed by atoms with Gasteiger partial charge in [0.2, 0.25) is 0 Å². The summed E-state index contributed by atoms with van der Waals surface area (Å²) in [7, 11) is 3.46. The Morgan fingerprint density at radius 3 is 2.19 bits per heavy atom. The minimum Gasteiger partial charge on any atom is -0.384 e. The second-order valence-electron chi connectivity index (χ2n) is 3.54. The summed E-state index contributed by atoms with van der Waals surface area (Å²) in [6.45, 7) is 1.49. The van der Waals surface area contributed by atoms with Crippen molar-refractivity contribution >= 4 is 27.7 Å². The Kier molecular flexibility index (Phi) is 7.12. The first kappa shape index (κ1) is 14.0. The van der Waals surface area contributed by atoms with E-state index < -0.39 is 0 Å². The molecule has 4 heteroatoms.